The Morgan fingerprint density at radius 3 is 2.62 bits per heavy atom. The van der Waals surface area contributed by atoms with Gasteiger partial charge in [-0.1, -0.05) is 71.3 Å². The molecule has 0 aromatic heterocycles. The molecule has 3 fully saturated rings. The van der Waals surface area contributed by atoms with E-state index in [0.717, 1.165) is 18.4 Å². The van der Waals surface area contributed by atoms with E-state index in [1.54, 1.807) is 22.0 Å². The van der Waals surface area contributed by atoms with Gasteiger partial charge in [0.1, 0.15) is 11.6 Å². The number of carbonyl (C=O) groups is 3. The third-order valence-corrected chi connectivity index (χ3v) is 8.89. The van der Waals surface area contributed by atoms with Crippen LogP contribution in [0.1, 0.15) is 44.1 Å². The molecule has 1 aromatic carbocycles. The summed E-state index contributed by atoms with van der Waals surface area (Å²) in [7, 11) is 0. The van der Waals surface area contributed by atoms with Gasteiger partial charge in [0.15, 0.2) is 0 Å². The van der Waals surface area contributed by atoms with Gasteiger partial charge in [0.25, 0.3) is 0 Å². The molecule has 8 nitrogen and oxygen atoms in total. The molecule has 0 aliphatic carbocycles. The summed E-state index contributed by atoms with van der Waals surface area (Å²) in [6, 6.07) is 8.86. The molecule has 3 unspecified atom stereocenters. The van der Waals surface area contributed by atoms with Crippen LogP contribution < -0.4 is 0 Å². The van der Waals surface area contributed by atoms with Gasteiger partial charge in [-0.15, -0.1) is 13.2 Å². The number of ether oxygens (including phenoxy) is 2. The molecule has 0 saturated carbocycles. The summed E-state index contributed by atoms with van der Waals surface area (Å²) < 4.78 is 12.1. The zero-order chi connectivity index (χ0) is 28.0. The SMILES string of the molecule is C=CCCOC(=O)[C@H]1[C@@H]2OC3(CC2Br)C(C(=O)N(CC=C)Cc2ccccc2)N(CCCCCCO)C(=O)[C@H]13. The number of halogens is 1. The van der Waals surface area contributed by atoms with Crippen molar-refractivity contribution in [3.8, 4) is 0 Å². The number of aliphatic hydroxyl groups is 1. The molecular weight excluding hydrogens is 564 g/mol. The molecule has 3 aliphatic rings. The van der Waals surface area contributed by atoms with Crippen LogP contribution in [0.25, 0.3) is 0 Å². The van der Waals surface area contributed by atoms with Crippen LogP contribution in [0.5, 0.6) is 0 Å². The number of amides is 2. The quantitative estimate of drug-likeness (QED) is 0.143. The highest BCUT2D eigenvalue weighted by Gasteiger charge is 2.77. The predicted molar refractivity (Wildman–Crippen MR) is 151 cm³/mol. The lowest BCUT2D eigenvalue weighted by Gasteiger charge is -2.37. The average Bonchev–Trinajstić information content (AvgIpc) is 3.52. The maximum Gasteiger partial charge on any atom is 0.312 e. The number of fused-ring (bicyclic) bond motifs is 1. The summed E-state index contributed by atoms with van der Waals surface area (Å²) in [5.74, 6) is -2.44. The summed E-state index contributed by atoms with van der Waals surface area (Å²) in [5, 5.41) is 9.14. The fourth-order valence-corrected chi connectivity index (χ4v) is 7.31. The topological polar surface area (TPSA) is 96.4 Å². The fourth-order valence-electron chi connectivity index (χ4n) is 6.37. The predicted octanol–water partition coefficient (Wildman–Crippen LogP) is 3.62. The highest BCUT2D eigenvalue weighted by atomic mass is 79.9. The van der Waals surface area contributed by atoms with Crippen molar-refractivity contribution in [3.05, 3.63) is 61.2 Å². The molecule has 0 radical (unpaired) electrons. The first-order valence-corrected chi connectivity index (χ1v) is 14.8. The van der Waals surface area contributed by atoms with E-state index in [1.807, 2.05) is 30.3 Å². The fraction of sp³-hybridized carbons (Fsp3) is 0.567. The lowest BCUT2D eigenvalue weighted by atomic mass is 9.70. The van der Waals surface area contributed by atoms with Crippen molar-refractivity contribution < 1.29 is 29.0 Å². The normalized spacial score (nSPS) is 28.8. The van der Waals surface area contributed by atoms with Crippen LogP contribution in [0.4, 0.5) is 0 Å². The Morgan fingerprint density at radius 1 is 1.18 bits per heavy atom. The highest BCUT2D eigenvalue weighted by molar-refractivity contribution is 9.09. The second kappa shape index (κ2) is 13.2. The minimum atomic E-state index is -1.11. The Labute approximate surface area is 239 Å². The molecule has 4 rings (SSSR count). The molecule has 6 atom stereocenters. The average molecular weight is 604 g/mol. The first-order valence-electron chi connectivity index (χ1n) is 13.8. The largest absolute Gasteiger partial charge is 0.465 e. The smallest absolute Gasteiger partial charge is 0.312 e. The zero-order valence-electron chi connectivity index (χ0n) is 22.4. The first kappa shape index (κ1) is 29.5. The third-order valence-electron chi connectivity index (χ3n) is 8.05. The molecular formula is C30H39BrN2O6. The van der Waals surface area contributed by atoms with Gasteiger partial charge in [-0.2, -0.15) is 0 Å². The second-order valence-corrected chi connectivity index (χ2v) is 11.7. The van der Waals surface area contributed by atoms with Gasteiger partial charge in [-0.05, 0) is 31.2 Å². The first-order chi connectivity index (χ1) is 18.9. The van der Waals surface area contributed by atoms with Gasteiger partial charge in [-0.3, -0.25) is 14.4 Å². The van der Waals surface area contributed by atoms with Crippen LogP contribution in [0, 0.1) is 11.8 Å². The highest BCUT2D eigenvalue weighted by Crippen LogP contribution is 2.60. The van der Waals surface area contributed by atoms with Gasteiger partial charge >= 0.3 is 5.97 Å². The number of aliphatic hydroxyl groups excluding tert-OH is 1. The molecule has 9 heteroatoms. The third kappa shape index (κ3) is 5.86. The molecule has 3 heterocycles. The van der Waals surface area contributed by atoms with Gasteiger partial charge in [0.2, 0.25) is 11.8 Å². The van der Waals surface area contributed by atoms with Crippen molar-refractivity contribution in [3.63, 3.8) is 0 Å². The van der Waals surface area contributed by atoms with Crippen molar-refractivity contribution in [2.75, 3.05) is 26.3 Å². The van der Waals surface area contributed by atoms with Crippen LogP contribution in [-0.2, 0) is 30.4 Å². The molecule has 3 aliphatic heterocycles. The van der Waals surface area contributed by atoms with Crippen molar-refractivity contribution in [2.24, 2.45) is 11.8 Å². The van der Waals surface area contributed by atoms with E-state index in [9.17, 15) is 14.4 Å². The Morgan fingerprint density at radius 2 is 1.92 bits per heavy atom. The van der Waals surface area contributed by atoms with Crippen LogP contribution in [0.15, 0.2) is 55.6 Å². The van der Waals surface area contributed by atoms with E-state index in [4.69, 9.17) is 14.6 Å². The number of benzene rings is 1. The van der Waals surface area contributed by atoms with Crippen LogP contribution in [0.3, 0.4) is 0 Å². The van der Waals surface area contributed by atoms with E-state index in [0.29, 0.717) is 45.3 Å². The minimum absolute atomic E-state index is 0.127. The number of esters is 1. The number of rotatable bonds is 15. The van der Waals surface area contributed by atoms with Crippen molar-refractivity contribution in [2.45, 2.75) is 67.6 Å². The van der Waals surface area contributed by atoms with Crippen molar-refractivity contribution >= 4 is 33.7 Å². The van der Waals surface area contributed by atoms with Crippen molar-refractivity contribution in [1.82, 2.24) is 9.80 Å². The molecule has 2 amide bonds. The van der Waals surface area contributed by atoms with Gasteiger partial charge < -0.3 is 24.4 Å². The lowest BCUT2D eigenvalue weighted by molar-refractivity contribution is -0.155. The molecule has 1 N–H and O–H groups in total. The van der Waals surface area contributed by atoms with E-state index in [1.165, 1.54) is 0 Å². The van der Waals surface area contributed by atoms with Crippen molar-refractivity contribution in [1.29, 1.82) is 0 Å². The molecule has 1 spiro atoms. The standard InChI is InChI=1S/C30H39BrN2O6/c1-3-5-18-38-29(37)23-24-27(35)33(16-11-6-7-12-17-34)26(30(24)19-22(31)25(23)39-30)28(36)32(15-4-2)20-21-13-9-8-10-14-21/h3-4,8-10,13-14,22-26,34H,1-2,5-7,11-12,15-20H2/t22?,23-,24+,25-,26?,30?/m1/s1. The maximum atomic E-state index is 14.4. The van der Waals surface area contributed by atoms with Gasteiger partial charge in [0, 0.05) is 31.1 Å². The number of alkyl halides is 1. The molecule has 3 saturated heterocycles. The van der Waals surface area contributed by atoms with Gasteiger partial charge in [-0.25, -0.2) is 0 Å². The minimum Gasteiger partial charge on any atom is -0.465 e. The summed E-state index contributed by atoms with van der Waals surface area (Å²) in [4.78, 5) is 44.9. The lowest BCUT2D eigenvalue weighted by Crippen LogP contribution is -2.56. The number of hydrogen-bond acceptors (Lipinski definition) is 6. The second-order valence-electron chi connectivity index (χ2n) is 10.6. The summed E-state index contributed by atoms with van der Waals surface area (Å²) >= 11 is 3.69. The number of carbonyl (C=O) groups excluding carboxylic acids is 3. The maximum absolute atomic E-state index is 14.4. The summed E-state index contributed by atoms with van der Waals surface area (Å²) in [6.45, 7) is 8.91. The van der Waals surface area contributed by atoms with Crippen LogP contribution in [0.2, 0.25) is 0 Å². The van der Waals surface area contributed by atoms with E-state index < -0.39 is 35.6 Å². The Bertz CT molecular complexity index is 1050. The molecule has 1 aromatic rings. The van der Waals surface area contributed by atoms with Crippen LogP contribution in [-0.4, -0.2) is 81.6 Å². The zero-order valence-corrected chi connectivity index (χ0v) is 24.0. The monoisotopic (exact) mass is 602 g/mol. The number of likely N-dealkylation sites (tertiary alicyclic amines) is 1. The molecule has 2 bridgehead atoms. The Balaban J connectivity index is 1.66. The number of unbranched alkanes of at least 4 members (excludes halogenated alkanes) is 3. The summed E-state index contributed by atoms with van der Waals surface area (Å²) in [6.07, 6.45) is 6.83. The number of nitrogens with zero attached hydrogens (tertiary/aromatic N) is 2. The molecule has 212 valence electrons. The molecule has 39 heavy (non-hydrogen) atoms. The van der Waals surface area contributed by atoms with Crippen LogP contribution >= 0.6 is 15.9 Å². The van der Waals surface area contributed by atoms with E-state index in [-0.39, 0.29) is 29.9 Å². The summed E-state index contributed by atoms with van der Waals surface area (Å²) in [5.41, 5.74) is -0.142. The van der Waals surface area contributed by atoms with E-state index >= 15 is 0 Å². The van der Waals surface area contributed by atoms with Gasteiger partial charge in [0.05, 0.1) is 24.5 Å². The number of hydrogen-bond donors (Lipinski definition) is 1. The Hall–Kier alpha value is -2.49. The van der Waals surface area contributed by atoms with E-state index in [2.05, 4.69) is 29.1 Å². The Kier molecular flexibility index (Phi) is 10.0.